The number of piperidine rings is 1. The van der Waals surface area contributed by atoms with Gasteiger partial charge in [0.25, 0.3) is 5.91 Å². The molecule has 3 aliphatic rings. The van der Waals surface area contributed by atoms with Crippen molar-refractivity contribution in [2.75, 3.05) is 62.7 Å². The third-order valence-electron chi connectivity index (χ3n) is 7.60. The maximum atomic E-state index is 13.3. The first kappa shape index (κ1) is 25.8. The van der Waals surface area contributed by atoms with E-state index in [2.05, 4.69) is 32.7 Å². The summed E-state index contributed by atoms with van der Waals surface area (Å²) in [6.07, 6.45) is 8.84. The largest absolute Gasteiger partial charge is 0.379 e. The zero-order valence-electron chi connectivity index (χ0n) is 21.3. The Morgan fingerprint density at radius 1 is 1.00 bits per heavy atom. The van der Waals surface area contributed by atoms with Crippen LogP contribution in [0.15, 0.2) is 18.2 Å². The summed E-state index contributed by atoms with van der Waals surface area (Å²) in [5.41, 5.74) is 2.26. The van der Waals surface area contributed by atoms with Crippen LogP contribution in [0.1, 0.15) is 68.6 Å². The predicted octanol–water partition coefficient (Wildman–Crippen LogP) is 3.83. The monoisotopic (exact) mass is 485 g/mol. The highest BCUT2D eigenvalue weighted by atomic mass is 16.5. The van der Waals surface area contributed by atoms with Crippen LogP contribution in [-0.2, 0) is 4.74 Å². The first-order valence-corrected chi connectivity index (χ1v) is 13.6. The van der Waals surface area contributed by atoms with Crippen molar-refractivity contribution >= 4 is 23.3 Å². The average molecular weight is 486 g/mol. The molecule has 3 N–H and O–H groups in total. The minimum absolute atomic E-state index is 0.0723. The molecule has 1 aliphatic carbocycles. The SMILES string of the molecule is CC1CCN(c2ccc(NC(=O)NC3CCCCC3)cc2C(=O)NCCCN2CCOCC2)CC1. The van der Waals surface area contributed by atoms with E-state index in [4.69, 9.17) is 4.74 Å². The Kier molecular flexibility index (Phi) is 9.66. The molecule has 1 saturated carbocycles. The summed E-state index contributed by atoms with van der Waals surface area (Å²) in [6.45, 7) is 9.29. The van der Waals surface area contributed by atoms with Crippen LogP contribution in [-0.4, -0.2) is 75.4 Å². The molecule has 35 heavy (non-hydrogen) atoms. The highest BCUT2D eigenvalue weighted by Gasteiger charge is 2.22. The Morgan fingerprint density at radius 2 is 1.74 bits per heavy atom. The molecule has 3 fully saturated rings. The lowest BCUT2D eigenvalue weighted by Crippen LogP contribution is -2.39. The van der Waals surface area contributed by atoms with Gasteiger partial charge in [-0.1, -0.05) is 26.2 Å². The Labute approximate surface area is 210 Å². The molecule has 0 spiro atoms. The molecule has 0 bridgehead atoms. The lowest BCUT2D eigenvalue weighted by Gasteiger charge is -2.33. The van der Waals surface area contributed by atoms with E-state index in [1.54, 1.807) is 0 Å². The number of carbonyl (C=O) groups excluding carboxylic acids is 2. The fraction of sp³-hybridized carbons (Fsp3) is 0.704. The van der Waals surface area contributed by atoms with E-state index in [0.29, 0.717) is 23.7 Å². The summed E-state index contributed by atoms with van der Waals surface area (Å²) < 4.78 is 5.41. The van der Waals surface area contributed by atoms with Gasteiger partial charge in [0.05, 0.1) is 18.8 Å². The van der Waals surface area contributed by atoms with E-state index < -0.39 is 0 Å². The third kappa shape index (κ3) is 7.84. The maximum Gasteiger partial charge on any atom is 0.319 e. The summed E-state index contributed by atoms with van der Waals surface area (Å²) in [7, 11) is 0. The van der Waals surface area contributed by atoms with E-state index >= 15 is 0 Å². The summed E-state index contributed by atoms with van der Waals surface area (Å²) in [5.74, 6) is 0.644. The van der Waals surface area contributed by atoms with Crippen molar-refractivity contribution in [3.63, 3.8) is 0 Å². The number of hydrogen-bond acceptors (Lipinski definition) is 5. The van der Waals surface area contributed by atoms with Gasteiger partial charge >= 0.3 is 6.03 Å². The van der Waals surface area contributed by atoms with Crippen molar-refractivity contribution in [1.82, 2.24) is 15.5 Å². The number of hydrogen-bond donors (Lipinski definition) is 3. The van der Waals surface area contributed by atoms with Gasteiger partial charge in [-0.05, 0) is 62.8 Å². The van der Waals surface area contributed by atoms with Gasteiger partial charge in [-0.25, -0.2) is 4.79 Å². The molecular formula is C27H43N5O3. The number of rotatable bonds is 8. The lowest BCUT2D eigenvalue weighted by molar-refractivity contribution is 0.0374. The molecule has 194 valence electrons. The molecule has 2 saturated heterocycles. The Balaban J connectivity index is 1.38. The van der Waals surface area contributed by atoms with Gasteiger partial charge < -0.3 is 25.6 Å². The first-order valence-electron chi connectivity index (χ1n) is 13.6. The molecule has 8 nitrogen and oxygen atoms in total. The van der Waals surface area contributed by atoms with Crippen LogP contribution < -0.4 is 20.9 Å². The van der Waals surface area contributed by atoms with Crippen LogP contribution >= 0.6 is 0 Å². The predicted molar refractivity (Wildman–Crippen MR) is 140 cm³/mol. The normalized spacial score (nSPS) is 20.4. The number of anilines is 2. The fourth-order valence-corrected chi connectivity index (χ4v) is 5.34. The molecule has 4 rings (SSSR count). The number of morpholine rings is 1. The number of carbonyl (C=O) groups is 2. The average Bonchev–Trinajstić information content (AvgIpc) is 2.88. The topological polar surface area (TPSA) is 85.9 Å². The third-order valence-corrected chi connectivity index (χ3v) is 7.60. The van der Waals surface area contributed by atoms with Crippen LogP contribution in [0.4, 0.5) is 16.2 Å². The summed E-state index contributed by atoms with van der Waals surface area (Å²) in [6, 6.07) is 5.81. The molecule has 1 aromatic carbocycles. The van der Waals surface area contributed by atoms with Gasteiger partial charge in [-0.15, -0.1) is 0 Å². The number of nitrogens with one attached hydrogen (secondary N) is 3. The summed E-state index contributed by atoms with van der Waals surface area (Å²) in [4.78, 5) is 30.6. The second kappa shape index (κ2) is 13.1. The Hall–Kier alpha value is -2.32. The standard InChI is InChI=1S/C27H43N5O3/c1-21-10-14-32(15-11-21)25-9-8-23(30-27(34)29-22-6-3-2-4-7-22)20-24(25)26(33)28-12-5-13-31-16-18-35-19-17-31/h8-9,20-22H,2-7,10-19H2,1H3,(H,28,33)(H2,29,30,34). The minimum atomic E-state index is -0.187. The molecule has 0 atom stereocenters. The van der Waals surface area contributed by atoms with Crippen molar-refractivity contribution in [2.45, 2.75) is 64.3 Å². The maximum absolute atomic E-state index is 13.3. The van der Waals surface area contributed by atoms with Crippen molar-refractivity contribution in [2.24, 2.45) is 5.92 Å². The van der Waals surface area contributed by atoms with Crippen LogP contribution in [0.5, 0.6) is 0 Å². The van der Waals surface area contributed by atoms with Crippen LogP contribution in [0.2, 0.25) is 0 Å². The van der Waals surface area contributed by atoms with Gasteiger partial charge in [0, 0.05) is 50.1 Å². The first-order chi connectivity index (χ1) is 17.1. The van der Waals surface area contributed by atoms with Gasteiger partial charge in [-0.2, -0.15) is 0 Å². The number of benzene rings is 1. The quantitative estimate of drug-likeness (QED) is 0.487. The van der Waals surface area contributed by atoms with Gasteiger partial charge in [0.1, 0.15) is 0 Å². The van der Waals surface area contributed by atoms with Crippen molar-refractivity contribution < 1.29 is 14.3 Å². The molecule has 0 unspecified atom stereocenters. The zero-order chi connectivity index (χ0) is 24.5. The molecular weight excluding hydrogens is 442 g/mol. The van der Waals surface area contributed by atoms with Crippen molar-refractivity contribution in [3.8, 4) is 0 Å². The van der Waals surface area contributed by atoms with Gasteiger partial charge in [-0.3, -0.25) is 9.69 Å². The smallest absolute Gasteiger partial charge is 0.319 e. The van der Waals surface area contributed by atoms with Crippen molar-refractivity contribution in [1.29, 1.82) is 0 Å². The fourth-order valence-electron chi connectivity index (χ4n) is 5.34. The van der Waals surface area contributed by atoms with E-state index in [1.165, 1.54) is 19.3 Å². The molecule has 1 aromatic rings. The van der Waals surface area contributed by atoms with Gasteiger partial charge in [0.15, 0.2) is 0 Å². The van der Waals surface area contributed by atoms with E-state index in [0.717, 1.165) is 83.7 Å². The van der Waals surface area contributed by atoms with E-state index in [9.17, 15) is 9.59 Å². The number of nitrogens with zero attached hydrogens (tertiary/aromatic N) is 2. The van der Waals surface area contributed by atoms with E-state index in [1.807, 2.05) is 18.2 Å². The van der Waals surface area contributed by atoms with Crippen LogP contribution in [0.25, 0.3) is 0 Å². The molecule has 0 radical (unpaired) electrons. The van der Waals surface area contributed by atoms with E-state index in [-0.39, 0.29) is 18.0 Å². The molecule has 0 aromatic heterocycles. The van der Waals surface area contributed by atoms with Crippen molar-refractivity contribution in [3.05, 3.63) is 23.8 Å². The number of urea groups is 1. The summed E-state index contributed by atoms with van der Waals surface area (Å²) in [5, 5.41) is 9.18. The Bertz CT molecular complexity index is 828. The number of amides is 3. The highest BCUT2D eigenvalue weighted by Crippen LogP contribution is 2.29. The minimum Gasteiger partial charge on any atom is -0.379 e. The second-order valence-corrected chi connectivity index (χ2v) is 10.4. The van der Waals surface area contributed by atoms with Crippen LogP contribution in [0.3, 0.4) is 0 Å². The Morgan fingerprint density at radius 3 is 2.49 bits per heavy atom. The van der Waals surface area contributed by atoms with Crippen LogP contribution in [0, 0.1) is 5.92 Å². The zero-order valence-corrected chi connectivity index (χ0v) is 21.3. The highest BCUT2D eigenvalue weighted by molar-refractivity contribution is 6.02. The molecule has 2 aliphatic heterocycles. The number of ether oxygens (including phenoxy) is 1. The molecule has 2 heterocycles. The molecule has 8 heteroatoms. The molecule has 3 amide bonds. The summed E-state index contributed by atoms with van der Waals surface area (Å²) >= 11 is 0. The van der Waals surface area contributed by atoms with Gasteiger partial charge in [0.2, 0.25) is 0 Å². The lowest BCUT2D eigenvalue weighted by atomic mass is 9.96. The second-order valence-electron chi connectivity index (χ2n) is 10.4.